The summed E-state index contributed by atoms with van der Waals surface area (Å²) in [5, 5.41) is 16.7. The molecule has 1 aliphatic rings. The molecular weight excluding hydrogens is 426 g/mol. The van der Waals surface area contributed by atoms with Crippen LogP contribution in [0, 0.1) is 11.8 Å². The number of aliphatic carboxylic acids is 1. The van der Waals surface area contributed by atoms with Gasteiger partial charge in [-0.05, 0) is 36.1 Å². The standard InChI is InChI=1S/C25H25NO5S/c1-2-31-25(30)21-20(17-13-7-9-15-8-3-4-10-16(15)17)14-32-23(21)26-22(27)18-11-5-6-12-19(18)24(28)29/h3-4,7-10,13-14,18-19H,2,5-6,11-12H2,1H3,(H,26,27)(H,28,29). The lowest BCUT2D eigenvalue weighted by Gasteiger charge is -2.27. The van der Waals surface area contributed by atoms with Crippen molar-refractivity contribution in [1.29, 1.82) is 0 Å². The van der Waals surface area contributed by atoms with E-state index in [0.29, 0.717) is 29.0 Å². The molecule has 166 valence electrons. The van der Waals surface area contributed by atoms with Gasteiger partial charge in [0.1, 0.15) is 10.6 Å². The normalized spacial score (nSPS) is 18.3. The first-order chi connectivity index (χ1) is 15.5. The molecule has 1 amide bonds. The van der Waals surface area contributed by atoms with Gasteiger partial charge in [-0.2, -0.15) is 0 Å². The van der Waals surface area contributed by atoms with E-state index in [9.17, 15) is 19.5 Å². The average molecular weight is 452 g/mol. The zero-order valence-corrected chi connectivity index (χ0v) is 18.6. The molecule has 1 fully saturated rings. The van der Waals surface area contributed by atoms with E-state index in [4.69, 9.17) is 4.74 Å². The fraction of sp³-hybridized carbons (Fsp3) is 0.320. The van der Waals surface area contributed by atoms with E-state index in [0.717, 1.165) is 29.2 Å². The number of carbonyl (C=O) groups excluding carboxylic acids is 2. The number of benzene rings is 2. The molecule has 7 heteroatoms. The Labute approximate surface area is 190 Å². The van der Waals surface area contributed by atoms with E-state index < -0.39 is 23.8 Å². The van der Waals surface area contributed by atoms with Crippen molar-refractivity contribution < 1.29 is 24.2 Å². The van der Waals surface area contributed by atoms with Crippen LogP contribution < -0.4 is 5.32 Å². The lowest BCUT2D eigenvalue weighted by molar-refractivity contribution is -0.147. The first-order valence-electron chi connectivity index (χ1n) is 10.8. The molecule has 2 unspecified atom stereocenters. The molecule has 1 saturated carbocycles. The molecule has 32 heavy (non-hydrogen) atoms. The number of hydrogen-bond donors (Lipinski definition) is 2. The summed E-state index contributed by atoms with van der Waals surface area (Å²) in [6, 6.07) is 13.8. The summed E-state index contributed by atoms with van der Waals surface area (Å²) in [6.45, 7) is 1.94. The highest BCUT2D eigenvalue weighted by atomic mass is 32.1. The maximum atomic E-state index is 13.1. The second kappa shape index (κ2) is 9.53. The first-order valence-corrected chi connectivity index (χ1v) is 11.7. The molecule has 2 aromatic carbocycles. The fourth-order valence-corrected chi connectivity index (χ4v) is 5.41. The zero-order valence-electron chi connectivity index (χ0n) is 17.8. The van der Waals surface area contributed by atoms with E-state index in [-0.39, 0.29) is 12.5 Å². The SMILES string of the molecule is CCOC(=O)c1c(-c2cccc3ccccc23)csc1NC(=O)C1CCCCC1C(=O)O. The predicted octanol–water partition coefficient (Wildman–Crippen LogP) is 5.57. The number of fused-ring (bicyclic) bond motifs is 1. The number of anilines is 1. The van der Waals surface area contributed by atoms with Gasteiger partial charge in [-0.25, -0.2) is 4.79 Å². The van der Waals surface area contributed by atoms with Crippen LogP contribution in [0.4, 0.5) is 5.00 Å². The van der Waals surface area contributed by atoms with E-state index in [1.807, 2.05) is 47.8 Å². The van der Waals surface area contributed by atoms with Crippen molar-refractivity contribution in [2.45, 2.75) is 32.6 Å². The number of carbonyl (C=O) groups is 3. The lowest BCUT2D eigenvalue weighted by atomic mass is 9.78. The van der Waals surface area contributed by atoms with Crippen LogP contribution in [-0.2, 0) is 14.3 Å². The molecule has 2 N–H and O–H groups in total. The molecule has 3 aromatic rings. The minimum Gasteiger partial charge on any atom is -0.481 e. The topological polar surface area (TPSA) is 92.7 Å². The van der Waals surface area contributed by atoms with Crippen LogP contribution in [-0.4, -0.2) is 29.6 Å². The van der Waals surface area contributed by atoms with Crippen molar-refractivity contribution in [3.8, 4) is 11.1 Å². The Hall–Kier alpha value is -3.19. The van der Waals surface area contributed by atoms with Gasteiger partial charge in [0.15, 0.2) is 0 Å². The Bertz CT molecular complexity index is 1160. The highest BCUT2D eigenvalue weighted by molar-refractivity contribution is 7.15. The van der Waals surface area contributed by atoms with Gasteiger partial charge in [0, 0.05) is 10.9 Å². The Morgan fingerprint density at radius 1 is 1.03 bits per heavy atom. The van der Waals surface area contributed by atoms with E-state index in [1.165, 1.54) is 11.3 Å². The van der Waals surface area contributed by atoms with E-state index in [1.54, 1.807) is 6.92 Å². The summed E-state index contributed by atoms with van der Waals surface area (Å²) >= 11 is 1.26. The Kier molecular flexibility index (Phi) is 6.55. The molecule has 0 radical (unpaired) electrons. The van der Waals surface area contributed by atoms with Crippen molar-refractivity contribution in [1.82, 2.24) is 0 Å². The highest BCUT2D eigenvalue weighted by Crippen LogP contribution is 2.40. The van der Waals surface area contributed by atoms with Gasteiger partial charge in [0.05, 0.1) is 18.4 Å². The number of hydrogen-bond acceptors (Lipinski definition) is 5. The van der Waals surface area contributed by atoms with Gasteiger partial charge >= 0.3 is 11.9 Å². The zero-order chi connectivity index (χ0) is 22.7. The lowest BCUT2D eigenvalue weighted by Crippen LogP contribution is -2.36. The van der Waals surface area contributed by atoms with Crippen molar-refractivity contribution >= 4 is 45.0 Å². The number of rotatable bonds is 6. The van der Waals surface area contributed by atoms with Crippen LogP contribution in [0.2, 0.25) is 0 Å². The van der Waals surface area contributed by atoms with E-state index >= 15 is 0 Å². The largest absolute Gasteiger partial charge is 0.481 e. The molecular formula is C25H25NO5S. The molecule has 0 saturated heterocycles. The second-order valence-electron chi connectivity index (χ2n) is 7.93. The Morgan fingerprint density at radius 3 is 2.50 bits per heavy atom. The van der Waals surface area contributed by atoms with Crippen LogP contribution in [0.1, 0.15) is 43.0 Å². The maximum Gasteiger partial charge on any atom is 0.341 e. The van der Waals surface area contributed by atoms with Crippen molar-refractivity contribution in [2.24, 2.45) is 11.8 Å². The molecule has 1 aliphatic carbocycles. The number of carboxylic acids is 1. The summed E-state index contributed by atoms with van der Waals surface area (Å²) in [4.78, 5) is 37.6. The maximum absolute atomic E-state index is 13.1. The summed E-state index contributed by atoms with van der Waals surface area (Å²) in [5.41, 5.74) is 1.88. The molecule has 4 rings (SSSR count). The molecule has 2 atom stereocenters. The van der Waals surface area contributed by atoms with Gasteiger partial charge in [-0.3, -0.25) is 9.59 Å². The average Bonchev–Trinajstić information content (AvgIpc) is 3.22. The number of amides is 1. The molecule has 0 aliphatic heterocycles. The number of carboxylic acid groups (broad SMARTS) is 1. The first kappa shape index (κ1) is 22.0. The Morgan fingerprint density at radius 2 is 1.75 bits per heavy atom. The molecule has 1 heterocycles. The number of thiophene rings is 1. The minimum atomic E-state index is -0.946. The molecule has 0 bridgehead atoms. The van der Waals surface area contributed by atoms with Crippen LogP contribution in [0.5, 0.6) is 0 Å². The summed E-state index contributed by atoms with van der Waals surface area (Å²) in [7, 11) is 0. The Balaban J connectivity index is 1.73. The third-order valence-electron chi connectivity index (χ3n) is 6.01. The van der Waals surface area contributed by atoms with Gasteiger partial charge in [-0.1, -0.05) is 55.3 Å². The monoisotopic (exact) mass is 451 g/mol. The van der Waals surface area contributed by atoms with Crippen LogP contribution in [0.15, 0.2) is 47.8 Å². The number of esters is 1. The van der Waals surface area contributed by atoms with Crippen molar-refractivity contribution in [2.75, 3.05) is 11.9 Å². The summed E-state index contributed by atoms with van der Waals surface area (Å²) < 4.78 is 5.31. The van der Waals surface area contributed by atoms with Crippen LogP contribution in [0.3, 0.4) is 0 Å². The highest BCUT2D eigenvalue weighted by Gasteiger charge is 2.36. The second-order valence-corrected chi connectivity index (χ2v) is 8.81. The minimum absolute atomic E-state index is 0.209. The van der Waals surface area contributed by atoms with Gasteiger partial charge < -0.3 is 15.2 Å². The number of ether oxygens (including phenoxy) is 1. The smallest absolute Gasteiger partial charge is 0.341 e. The van der Waals surface area contributed by atoms with Gasteiger partial charge in [0.2, 0.25) is 5.91 Å². The van der Waals surface area contributed by atoms with E-state index in [2.05, 4.69) is 5.32 Å². The van der Waals surface area contributed by atoms with Crippen LogP contribution >= 0.6 is 11.3 Å². The molecule has 0 spiro atoms. The summed E-state index contributed by atoms with van der Waals surface area (Å²) in [5.74, 6) is -3.12. The summed E-state index contributed by atoms with van der Waals surface area (Å²) in [6.07, 6.45) is 2.64. The van der Waals surface area contributed by atoms with Crippen LogP contribution in [0.25, 0.3) is 21.9 Å². The van der Waals surface area contributed by atoms with Crippen molar-refractivity contribution in [3.05, 3.63) is 53.4 Å². The quantitative estimate of drug-likeness (QED) is 0.478. The van der Waals surface area contributed by atoms with Gasteiger partial charge in [-0.15, -0.1) is 11.3 Å². The van der Waals surface area contributed by atoms with Crippen molar-refractivity contribution in [3.63, 3.8) is 0 Å². The molecule has 1 aromatic heterocycles. The predicted molar refractivity (Wildman–Crippen MR) is 125 cm³/mol. The third kappa shape index (κ3) is 4.25. The molecule has 6 nitrogen and oxygen atoms in total. The van der Waals surface area contributed by atoms with Gasteiger partial charge in [0.25, 0.3) is 0 Å². The third-order valence-corrected chi connectivity index (χ3v) is 6.90. The number of nitrogens with one attached hydrogen (secondary N) is 1. The fourth-order valence-electron chi connectivity index (χ4n) is 4.46.